The van der Waals surface area contributed by atoms with E-state index in [1.807, 2.05) is 0 Å². The summed E-state index contributed by atoms with van der Waals surface area (Å²) in [5.41, 5.74) is 0. The Morgan fingerprint density at radius 2 is 1.80 bits per heavy atom. The fourth-order valence-corrected chi connectivity index (χ4v) is 4.25. The van der Waals surface area contributed by atoms with E-state index in [4.69, 9.17) is 0 Å². The van der Waals surface area contributed by atoms with E-state index in [9.17, 15) is 13.2 Å². The molecule has 5 heteroatoms. The standard InChI is InChI=1S/C10H17NO3S/c12-7-9-1-4-11(5-2-9)10-3-6-15(13,14)8-10/h7,9-10H,1-6,8H2. The van der Waals surface area contributed by atoms with Gasteiger partial charge in [0.1, 0.15) is 6.29 Å². The molecule has 1 atom stereocenters. The van der Waals surface area contributed by atoms with Crippen molar-refractivity contribution in [2.45, 2.75) is 25.3 Å². The molecule has 0 aromatic carbocycles. The molecule has 2 aliphatic rings. The van der Waals surface area contributed by atoms with Gasteiger partial charge in [0.25, 0.3) is 0 Å². The fourth-order valence-electron chi connectivity index (χ4n) is 2.48. The van der Waals surface area contributed by atoms with Crippen LogP contribution in [-0.4, -0.2) is 50.2 Å². The second-order valence-corrected chi connectivity index (χ2v) is 6.80. The van der Waals surface area contributed by atoms with E-state index >= 15 is 0 Å². The normalized spacial score (nSPS) is 32.9. The number of carbonyl (C=O) groups excluding carboxylic acids is 1. The summed E-state index contributed by atoms with van der Waals surface area (Å²) in [6.45, 7) is 1.76. The smallest absolute Gasteiger partial charge is 0.151 e. The van der Waals surface area contributed by atoms with Crippen molar-refractivity contribution in [1.82, 2.24) is 4.90 Å². The largest absolute Gasteiger partial charge is 0.303 e. The van der Waals surface area contributed by atoms with Gasteiger partial charge in [-0.25, -0.2) is 8.42 Å². The molecule has 0 amide bonds. The van der Waals surface area contributed by atoms with E-state index in [0.29, 0.717) is 11.5 Å². The van der Waals surface area contributed by atoms with Gasteiger partial charge in [-0.15, -0.1) is 0 Å². The Morgan fingerprint density at radius 3 is 2.27 bits per heavy atom. The zero-order valence-corrected chi connectivity index (χ0v) is 9.58. The topological polar surface area (TPSA) is 54.5 Å². The molecule has 86 valence electrons. The molecule has 0 aromatic rings. The van der Waals surface area contributed by atoms with Crippen LogP contribution in [0.15, 0.2) is 0 Å². The van der Waals surface area contributed by atoms with Crippen molar-refractivity contribution in [3.63, 3.8) is 0 Å². The van der Waals surface area contributed by atoms with Crippen molar-refractivity contribution < 1.29 is 13.2 Å². The molecule has 0 saturated carbocycles. The predicted octanol–water partition coefficient (Wildman–Crippen LogP) is 0.0844. The van der Waals surface area contributed by atoms with Gasteiger partial charge in [0.2, 0.25) is 0 Å². The minimum atomic E-state index is -2.78. The highest BCUT2D eigenvalue weighted by Gasteiger charge is 2.33. The van der Waals surface area contributed by atoms with Crippen LogP contribution in [0.25, 0.3) is 0 Å². The quantitative estimate of drug-likeness (QED) is 0.632. The van der Waals surface area contributed by atoms with Gasteiger partial charge in [-0.2, -0.15) is 0 Å². The Balaban J connectivity index is 1.89. The first-order valence-electron chi connectivity index (χ1n) is 5.50. The molecule has 2 rings (SSSR count). The molecule has 2 heterocycles. The molecule has 0 bridgehead atoms. The Kier molecular flexibility index (Phi) is 3.11. The second-order valence-electron chi connectivity index (χ2n) is 4.57. The van der Waals surface area contributed by atoms with Gasteiger partial charge in [0.05, 0.1) is 11.5 Å². The maximum absolute atomic E-state index is 11.3. The number of likely N-dealkylation sites (tertiary alicyclic amines) is 1. The summed E-state index contributed by atoms with van der Waals surface area (Å²) in [4.78, 5) is 12.8. The molecule has 4 nitrogen and oxygen atoms in total. The average molecular weight is 231 g/mol. The van der Waals surface area contributed by atoms with Crippen molar-refractivity contribution in [3.8, 4) is 0 Å². The number of rotatable bonds is 2. The maximum Gasteiger partial charge on any atom is 0.151 e. The van der Waals surface area contributed by atoms with Gasteiger partial charge < -0.3 is 4.79 Å². The van der Waals surface area contributed by atoms with Crippen LogP contribution in [0.4, 0.5) is 0 Å². The molecule has 0 radical (unpaired) electrons. The molecule has 2 aliphatic heterocycles. The Hall–Kier alpha value is -0.420. The summed E-state index contributed by atoms with van der Waals surface area (Å²) in [7, 11) is -2.78. The summed E-state index contributed by atoms with van der Waals surface area (Å²) >= 11 is 0. The second kappa shape index (κ2) is 4.22. The highest BCUT2D eigenvalue weighted by Crippen LogP contribution is 2.23. The summed E-state index contributed by atoms with van der Waals surface area (Å²) in [5, 5.41) is 0. The number of carbonyl (C=O) groups is 1. The Morgan fingerprint density at radius 1 is 1.13 bits per heavy atom. The number of sulfone groups is 1. The van der Waals surface area contributed by atoms with Gasteiger partial charge in [-0.05, 0) is 32.4 Å². The molecular formula is C10H17NO3S. The van der Waals surface area contributed by atoms with Gasteiger partial charge in [-0.3, -0.25) is 4.90 Å². The van der Waals surface area contributed by atoms with Gasteiger partial charge in [-0.1, -0.05) is 0 Å². The van der Waals surface area contributed by atoms with Crippen LogP contribution in [0.5, 0.6) is 0 Å². The lowest BCUT2D eigenvalue weighted by molar-refractivity contribution is -0.112. The SMILES string of the molecule is O=CC1CCN(C2CCS(=O)(=O)C2)CC1. The van der Waals surface area contributed by atoms with Crippen LogP contribution in [0.1, 0.15) is 19.3 Å². The molecule has 0 spiro atoms. The van der Waals surface area contributed by atoms with Crippen molar-refractivity contribution in [2.24, 2.45) is 5.92 Å². The first-order valence-corrected chi connectivity index (χ1v) is 7.32. The average Bonchev–Trinajstić information content (AvgIpc) is 2.59. The molecule has 15 heavy (non-hydrogen) atoms. The van der Waals surface area contributed by atoms with Crippen LogP contribution >= 0.6 is 0 Å². The van der Waals surface area contributed by atoms with Crippen LogP contribution < -0.4 is 0 Å². The third-order valence-corrected chi connectivity index (χ3v) is 5.24. The van der Waals surface area contributed by atoms with Crippen molar-refractivity contribution in [3.05, 3.63) is 0 Å². The van der Waals surface area contributed by atoms with Crippen molar-refractivity contribution in [2.75, 3.05) is 24.6 Å². The van der Waals surface area contributed by atoms with Gasteiger partial charge in [0, 0.05) is 12.0 Å². The molecule has 2 fully saturated rings. The highest BCUT2D eigenvalue weighted by molar-refractivity contribution is 7.91. The third kappa shape index (κ3) is 2.58. The third-order valence-electron chi connectivity index (χ3n) is 3.49. The van der Waals surface area contributed by atoms with Crippen LogP contribution in [0.2, 0.25) is 0 Å². The summed E-state index contributed by atoms with van der Waals surface area (Å²) in [5.74, 6) is 0.851. The first kappa shape index (κ1) is 11.1. The van der Waals surface area contributed by atoms with Crippen molar-refractivity contribution >= 4 is 16.1 Å². The highest BCUT2D eigenvalue weighted by atomic mass is 32.2. The van der Waals surface area contributed by atoms with E-state index in [1.165, 1.54) is 0 Å². The summed E-state index contributed by atoms with van der Waals surface area (Å²) in [6, 6.07) is 0.211. The Labute approximate surface area is 90.6 Å². The monoisotopic (exact) mass is 231 g/mol. The number of hydrogen-bond donors (Lipinski definition) is 0. The van der Waals surface area contributed by atoms with E-state index in [-0.39, 0.29) is 12.0 Å². The molecule has 1 unspecified atom stereocenters. The zero-order valence-electron chi connectivity index (χ0n) is 8.76. The van der Waals surface area contributed by atoms with Crippen LogP contribution in [0, 0.1) is 5.92 Å². The lowest BCUT2D eigenvalue weighted by Crippen LogP contribution is -2.42. The Bertz CT molecular complexity index is 331. The molecule has 0 N–H and O–H groups in total. The lowest BCUT2D eigenvalue weighted by Gasteiger charge is -2.33. The fraction of sp³-hybridized carbons (Fsp3) is 0.900. The van der Waals surface area contributed by atoms with E-state index < -0.39 is 9.84 Å². The number of aldehydes is 1. The van der Waals surface area contributed by atoms with Crippen molar-refractivity contribution in [1.29, 1.82) is 0 Å². The molecule has 2 saturated heterocycles. The number of nitrogens with zero attached hydrogens (tertiary/aromatic N) is 1. The summed E-state index contributed by atoms with van der Waals surface area (Å²) < 4.78 is 22.6. The minimum absolute atomic E-state index is 0.194. The first-order chi connectivity index (χ1) is 7.11. The predicted molar refractivity (Wildman–Crippen MR) is 57.4 cm³/mol. The summed E-state index contributed by atoms with van der Waals surface area (Å²) in [6.07, 6.45) is 3.58. The van der Waals surface area contributed by atoms with Gasteiger partial charge in [0.15, 0.2) is 9.84 Å². The minimum Gasteiger partial charge on any atom is -0.303 e. The molecular weight excluding hydrogens is 214 g/mol. The van der Waals surface area contributed by atoms with Crippen LogP contribution in [-0.2, 0) is 14.6 Å². The van der Waals surface area contributed by atoms with E-state index in [2.05, 4.69) is 4.90 Å². The molecule has 0 aromatic heterocycles. The molecule has 0 aliphatic carbocycles. The van der Waals surface area contributed by atoms with E-state index in [1.54, 1.807) is 0 Å². The number of piperidine rings is 1. The number of hydrogen-bond acceptors (Lipinski definition) is 4. The lowest BCUT2D eigenvalue weighted by atomic mass is 9.97. The van der Waals surface area contributed by atoms with Crippen LogP contribution in [0.3, 0.4) is 0 Å². The van der Waals surface area contributed by atoms with Gasteiger partial charge >= 0.3 is 0 Å². The maximum atomic E-state index is 11.3. The van der Waals surface area contributed by atoms with E-state index in [0.717, 1.165) is 38.6 Å². The zero-order chi connectivity index (χ0) is 10.9.